The first-order valence-electron chi connectivity index (χ1n) is 7.65. The molecule has 0 aliphatic carbocycles. The average Bonchev–Trinajstić information content (AvgIpc) is 2.53. The molecule has 3 rings (SSSR count). The van der Waals surface area contributed by atoms with Gasteiger partial charge in [-0.1, -0.05) is 37.3 Å². The minimum Gasteiger partial charge on any atom is -0.371 e. The van der Waals surface area contributed by atoms with Crippen molar-refractivity contribution in [2.45, 2.75) is 32.4 Å². The van der Waals surface area contributed by atoms with Crippen LogP contribution in [0.4, 0.5) is 0 Å². The van der Waals surface area contributed by atoms with Crippen LogP contribution < -0.4 is 5.32 Å². The molecule has 2 heterocycles. The fourth-order valence-electron chi connectivity index (χ4n) is 2.98. The zero-order valence-electron chi connectivity index (χ0n) is 12.7. The van der Waals surface area contributed by atoms with Crippen LogP contribution in [0.2, 0.25) is 0 Å². The number of likely N-dealkylation sites (N-methyl/N-ethyl adjacent to an activating group) is 1. The van der Waals surface area contributed by atoms with Gasteiger partial charge in [0.25, 0.3) is 0 Å². The second kappa shape index (κ2) is 6.37. The maximum absolute atomic E-state index is 6.11. The summed E-state index contributed by atoms with van der Waals surface area (Å²) in [6.45, 7) is 5.82. The topological polar surface area (TPSA) is 34.2 Å². The van der Waals surface area contributed by atoms with Crippen LogP contribution >= 0.6 is 0 Å². The molecule has 0 saturated carbocycles. The van der Waals surface area contributed by atoms with Gasteiger partial charge >= 0.3 is 0 Å². The minimum absolute atomic E-state index is 0.0550. The summed E-state index contributed by atoms with van der Waals surface area (Å²) in [6.07, 6.45) is 3.01. The largest absolute Gasteiger partial charge is 0.371 e. The van der Waals surface area contributed by atoms with Crippen molar-refractivity contribution in [2.24, 2.45) is 0 Å². The SMILES string of the molecule is CCNC(c1ccc(C)nc1)C1OCCc2ccccc21. The Morgan fingerprint density at radius 2 is 2.14 bits per heavy atom. The van der Waals surface area contributed by atoms with E-state index >= 15 is 0 Å². The summed E-state index contributed by atoms with van der Waals surface area (Å²) in [4.78, 5) is 4.44. The number of benzene rings is 1. The zero-order valence-corrected chi connectivity index (χ0v) is 12.7. The number of aromatic nitrogens is 1. The molecule has 21 heavy (non-hydrogen) atoms. The lowest BCUT2D eigenvalue weighted by Crippen LogP contribution is -2.31. The standard InChI is InChI=1S/C18H22N2O/c1-3-19-17(15-9-8-13(2)20-12-15)18-16-7-5-4-6-14(16)10-11-21-18/h4-9,12,17-19H,3,10-11H2,1-2H3. The average molecular weight is 282 g/mol. The number of ether oxygens (including phenoxy) is 1. The van der Waals surface area contributed by atoms with E-state index in [-0.39, 0.29) is 12.1 Å². The van der Waals surface area contributed by atoms with E-state index in [0.717, 1.165) is 25.3 Å². The van der Waals surface area contributed by atoms with E-state index in [0.29, 0.717) is 0 Å². The summed E-state index contributed by atoms with van der Waals surface area (Å²) in [5.41, 5.74) is 4.93. The van der Waals surface area contributed by atoms with Crippen LogP contribution in [0.1, 0.15) is 41.5 Å². The summed E-state index contributed by atoms with van der Waals surface area (Å²) < 4.78 is 6.11. The molecule has 0 bridgehead atoms. The highest BCUT2D eigenvalue weighted by atomic mass is 16.5. The normalized spacial score (nSPS) is 19.0. The van der Waals surface area contributed by atoms with E-state index in [9.17, 15) is 0 Å². The van der Waals surface area contributed by atoms with E-state index in [1.165, 1.54) is 16.7 Å². The van der Waals surface area contributed by atoms with Crippen LogP contribution in [0, 0.1) is 6.92 Å². The zero-order chi connectivity index (χ0) is 14.7. The molecule has 110 valence electrons. The molecule has 1 aliphatic rings. The van der Waals surface area contributed by atoms with Crippen molar-refractivity contribution in [1.82, 2.24) is 10.3 Å². The predicted octanol–water partition coefficient (Wildman–Crippen LogP) is 3.35. The quantitative estimate of drug-likeness (QED) is 0.933. The summed E-state index contributed by atoms with van der Waals surface area (Å²) >= 11 is 0. The molecule has 1 aliphatic heterocycles. The molecule has 3 heteroatoms. The Labute approximate surface area is 126 Å². The number of pyridine rings is 1. The first-order chi connectivity index (χ1) is 10.3. The van der Waals surface area contributed by atoms with Crippen LogP contribution in [0.15, 0.2) is 42.6 Å². The first-order valence-corrected chi connectivity index (χ1v) is 7.65. The fraction of sp³-hybridized carbons (Fsp3) is 0.389. The van der Waals surface area contributed by atoms with Crippen molar-refractivity contribution in [3.8, 4) is 0 Å². The Morgan fingerprint density at radius 3 is 2.90 bits per heavy atom. The maximum atomic E-state index is 6.11. The summed E-state index contributed by atoms with van der Waals surface area (Å²) in [7, 11) is 0. The van der Waals surface area contributed by atoms with E-state index in [1.54, 1.807) is 0 Å². The number of nitrogens with zero attached hydrogens (tertiary/aromatic N) is 1. The number of rotatable bonds is 4. The maximum Gasteiger partial charge on any atom is 0.102 e. The van der Waals surface area contributed by atoms with E-state index in [2.05, 4.69) is 53.6 Å². The lowest BCUT2D eigenvalue weighted by Gasteiger charge is -2.33. The third kappa shape index (κ3) is 2.99. The highest BCUT2D eigenvalue weighted by molar-refractivity contribution is 5.34. The predicted molar refractivity (Wildman–Crippen MR) is 84.2 cm³/mol. The minimum atomic E-state index is 0.0550. The van der Waals surface area contributed by atoms with Gasteiger partial charge in [0.2, 0.25) is 0 Å². The molecule has 1 N–H and O–H groups in total. The van der Waals surface area contributed by atoms with E-state index < -0.39 is 0 Å². The van der Waals surface area contributed by atoms with Gasteiger partial charge in [-0.25, -0.2) is 0 Å². The molecule has 1 aromatic carbocycles. The molecule has 1 aromatic heterocycles. The Balaban J connectivity index is 1.96. The molecule has 2 unspecified atom stereocenters. The van der Waals surface area contributed by atoms with Crippen molar-refractivity contribution >= 4 is 0 Å². The van der Waals surface area contributed by atoms with Crippen LogP contribution in [-0.2, 0) is 11.2 Å². The van der Waals surface area contributed by atoms with Gasteiger partial charge in [0.05, 0.1) is 12.6 Å². The van der Waals surface area contributed by atoms with Crippen molar-refractivity contribution < 1.29 is 4.74 Å². The third-order valence-electron chi connectivity index (χ3n) is 4.05. The first kappa shape index (κ1) is 14.2. The van der Waals surface area contributed by atoms with E-state index in [4.69, 9.17) is 4.74 Å². The smallest absolute Gasteiger partial charge is 0.102 e. The second-order valence-corrected chi connectivity index (χ2v) is 5.51. The van der Waals surface area contributed by atoms with Crippen molar-refractivity contribution in [3.63, 3.8) is 0 Å². The Bertz CT molecular complexity index is 594. The van der Waals surface area contributed by atoms with Gasteiger partial charge in [0.15, 0.2) is 0 Å². The molecule has 3 nitrogen and oxygen atoms in total. The van der Waals surface area contributed by atoms with Crippen molar-refractivity contribution in [3.05, 3.63) is 65.0 Å². The number of hydrogen-bond donors (Lipinski definition) is 1. The van der Waals surface area contributed by atoms with Gasteiger partial charge in [-0.2, -0.15) is 0 Å². The number of hydrogen-bond acceptors (Lipinski definition) is 3. The lowest BCUT2D eigenvalue weighted by molar-refractivity contribution is 0.0150. The molecule has 0 spiro atoms. The fourth-order valence-corrected chi connectivity index (χ4v) is 2.98. The highest BCUT2D eigenvalue weighted by Crippen LogP contribution is 2.36. The Morgan fingerprint density at radius 1 is 1.29 bits per heavy atom. The molecule has 0 amide bonds. The van der Waals surface area contributed by atoms with Gasteiger partial charge in [-0.3, -0.25) is 4.98 Å². The molecular weight excluding hydrogens is 260 g/mol. The monoisotopic (exact) mass is 282 g/mol. The van der Waals surface area contributed by atoms with Crippen LogP contribution in [0.5, 0.6) is 0 Å². The molecular formula is C18H22N2O. The van der Waals surface area contributed by atoms with Gasteiger partial charge < -0.3 is 10.1 Å². The number of fused-ring (bicyclic) bond motifs is 1. The van der Waals surface area contributed by atoms with Crippen molar-refractivity contribution in [2.75, 3.05) is 13.2 Å². The third-order valence-corrected chi connectivity index (χ3v) is 4.05. The summed E-state index contributed by atoms with van der Waals surface area (Å²) in [6, 6.07) is 13.0. The number of aryl methyl sites for hydroxylation is 1. The molecule has 0 fully saturated rings. The van der Waals surface area contributed by atoms with Crippen LogP contribution in [-0.4, -0.2) is 18.1 Å². The van der Waals surface area contributed by atoms with Gasteiger partial charge in [-0.15, -0.1) is 0 Å². The molecule has 2 aromatic rings. The molecule has 0 radical (unpaired) electrons. The Hall–Kier alpha value is -1.71. The molecule has 0 saturated heterocycles. The molecule has 2 atom stereocenters. The lowest BCUT2D eigenvalue weighted by atomic mass is 9.90. The van der Waals surface area contributed by atoms with Gasteiger partial charge in [0, 0.05) is 11.9 Å². The van der Waals surface area contributed by atoms with Crippen LogP contribution in [0.3, 0.4) is 0 Å². The summed E-state index contributed by atoms with van der Waals surface area (Å²) in [5.74, 6) is 0. The summed E-state index contributed by atoms with van der Waals surface area (Å²) in [5, 5.41) is 3.56. The number of nitrogens with one attached hydrogen (secondary N) is 1. The van der Waals surface area contributed by atoms with E-state index in [1.807, 2.05) is 13.1 Å². The highest BCUT2D eigenvalue weighted by Gasteiger charge is 2.29. The second-order valence-electron chi connectivity index (χ2n) is 5.51. The Kier molecular flexibility index (Phi) is 4.32. The van der Waals surface area contributed by atoms with Crippen LogP contribution in [0.25, 0.3) is 0 Å². The van der Waals surface area contributed by atoms with Gasteiger partial charge in [0.1, 0.15) is 6.10 Å². The van der Waals surface area contributed by atoms with Gasteiger partial charge in [-0.05, 0) is 42.6 Å². The van der Waals surface area contributed by atoms with Crippen molar-refractivity contribution in [1.29, 1.82) is 0 Å².